The average Bonchev–Trinajstić information content (AvgIpc) is 2.54. The van der Waals surface area contributed by atoms with E-state index >= 15 is 0 Å². The van der Waals surface area contributed by atoms with E-state index in [4.69, 9.17) is 27.9 Å². The van der Waals surface area contributed by atoms with Crippen molar-refractivity contribution in [3.63, 3.8) is 0 Å². The largest absolute Gasteiger partial charge is 0.507 e. The van der Waals surface area contributed by atoms with Crippen molar-refractivity contribution < 1.29 is 14.8 Å². The molecule has 0 amide bonds. The molecule has 0 fully saturated rings. The van der Waals surface area contributed by atoms with Gasteiger partial charge in [0, 0.05) is 33.8 Å². The average molecular weight is 379 g/mol. The number of rotatable bonds is 4. The molecule has 0 aliphatic heterocycles. The fraction of sp³-hybridized carbons (Fsp3) is 0.118. The molecule has 0 aliphatic rings. The molecule has 0 saturated heterocycles. The Balaban J connectivity index is 1.99. The zero-order valence-electron chi connectivity index (χ0n) is 13.0. The summed E-state index contributed by atoms with van der Waals surface area (Å²) in [7, 11) is 0. The van der Waals surface area contributed by atoms with Crippen LogP contribution in [0.15, 0.2) is 36.4 Å². The summed E-state index contributed by atoms with van der Waals surface area (Å²) in [5, 5.41) is 21.8. The number of ether oxygens (including phenoxy) is 1. The molecule has 1 aromatic heterocycles. The van der Waals surface area contributed by atoms with E-state index in [1.54, 1.807) is 31.2 Å². The maximum atomic E-state index is 11.0. The second-order valence-electron chi connectivity index (χ2n) is 5.34. The van der Waals surface area contributed by atoms with Gasteiger partial charge in [-0.15, -0.1) is 0 Å². The first-order valence-corrected chi connectivity index (χ1v) is 7.97. The Morgan fingerprint density at radius 1 is 1.28 bits per heavy atom. The number of fused-ring (bicyclic) bond motifs is 1. The van der Waals surface area contributed by atoms with E-state index in [0.717, 1.165) is 0 Å². The Labute approximate surface area is 152 Å². The smallest absolute Gasteiger partial charge is 0.288 e. The van der Waals surface area contributed by atoms with Crippen molar-refractivity contribution in [1.82, 2.24) is 4.98 Å². The van der Waals surface area contributed by atoms with E-state index in [1.165, 1.54) is 12.1 Å². The van der Waals surface area contributed by atoms with E-state index in [1.807, 2.05) is 0 Å². The Morgan fingerprint density at radius 2 is 2.04 bits per heavy atom. The van der Waals surface area contributed by atoms with Crippen LogP contribution < -0.4 is 4.74 Å². The van der Waals surface area contributed by atoms with Gasteiger partial charge in [-0.05, 0) is 25.1 Å². The second kappa shape index (κ2) is 6.74. The SMILES string of the molecule is Cc1cc(O)c2cccc(OCc3c(Cl)ccc([N+](=O)[O-])c3Cl)c2n1. The normalized spacial score (nSPS) is 10.8. The first kappa shape index (κ1) is 17.3. The number of aromatic nitrogens is 1. The standard InChI is InChI=1S/C17H12Cl2N2O4/c1-9-7-14(22)10-3-2-4-15(17(10)20-9)25-8-11-12(18)5-6-13(16(11)19)21(23)24/h2-7H,8H2,1H3,(H,20,22). The molecule has 3 rings (SSSR count). The molecule has 0 unspecified atom stereocenters. The second-order valence-corrected chi connectivity index (χ2v) is 6.13. The van der Waals surface area contributed by atoms with Crippen LogP contribution in [0.3, 0.4) is 0 Å². The van der Waals surface area contributed by atoms with Gasteiger partial charge in [0.2, 0.25) is 0 Å². The van der Waals surface area contributed by atoms with Gasteiger partial charge in [0.15, 0.2) is 0 Å². The molecule has 3 aromatic rings. The molecule has 0 bridgehead atoms. The number of para-hydroxylation sites is 1. The molecule has 128 valence electrons. The molecule has 0 aliphatic carbocycles. The number of aryl methyl sites for hydroxylation is 1. The molecule has 1 heterocycles. The summed E-state index contributed by atoms with van der Waals surface area (Å²) in [4.78, 5) is 14.8. The Morgan fingerprint density at radius 3 is 2.76 bits per heavy atom. The van der Waals surface area contributed by atoms with Crippen LogP contribution in [0.1, 0.15) is 11.3 Å². The number of pyridine rings is 1. The predicted octanol–water partition coefficient (Wildman–Crippen LogP) is 5.04. The third kappa shape index (κ3) is 3.31. The summed E-state index contributed by atoms with van der Waals surface area (Å²) in [5.41, 5.74) is 1.19. The highest BCUT2D eigenvalue weighted by atomic mass is 35.5. The maximum Gasteiger partial charge on any atom is 0.288 e. The molecule has 0 saturated carbocycles. The number of hydrogen-bond donors (Lipinski definition) is 1. The van der Waals surface area contributed by atoms with Crippen LogP contribution >= 0.6 is 23.2 Å². The number of aromatic hydroxyl groups is 1. The maximum absolute atomic E-state index is 11.0. The fourth-order valence-corrected chi connectivity index (χ4v) is 3.00. The van der Waals surface area contributed by atoms with Crippen molar-refractivity contribution in [3.05, 3.63) is 67.8 Å². The topological polar surface area (TPSA) is 85.5 Å². The van der Waals surface area contributed by atoms with Gasteiger partial charge in [0.1, 0.15) is 28.6 Å². The zero-order chi connectivity index (χ0) is 18.1. The number of nitro benzene ring substituents is 1. The summed E-state index contributed by atoms with van der Waals surface area (Å²) < 4.78 is 5.75. The molecular weight excluding hydrogens is 367 g/mol. The Hall–Kier alpha value is -2.57. The minimum Gasteiger partial charge on any atom is -0.507 e. The van der Waals surface area contributed by atoms with Crippen molar-refractivity contribution in [1.29, 1.82) is 0 Å². The molecule has 25 heavy (non-hydrogen) atoms. The van der Waals surface area contributed by atoms with Crippen molar-refractivity contribution in [3.8, 4) is 11.5 Å². The van der Waals surface area contributed by atoms with Gasteiger partial charge in [0.25, 0.3) is 5.69 Å². The minimum absolute atomic E-state index is 0.0651. The van der Waals surface area contributed by atoms with Crippen molar-refractivity contribution in [2.75, 3.05) is 0 Å². The van der Waals surface area contributed by atoms with Crippen LogP contribution in [-0.4, -0.2) is 15.0 Å². The highest BCUT2D eigenvalue weighted by Crippen LogP contribution is 2.35. The molecule has 0 spiro atoms. The number of hydrogen-bond acceptors (Lipinski definition) is 5. The monoisotopic (exact) mass is 378 g/mol. The van der Waals surface area contributed by atoms with Gasteiger partial charge < -0.3 is 9.84 Å². The van der Waals surface area contributed by atoms with Crippen LogP contribution in [0.5, 0.6) is 11.5 Å². The molecule has 8 heteroatoms. The van der Waals surface area contributed by atoms with Gasteiger partial charge in [0.05, 0.1) is 4.92 Å². The van der Waals surface area contributed by atoms with Crippen LogP contribution in [0.2, 0.25) is 10.0 Å². The summed E-state index contributed by atoms with van der Waals surface area (Å²) >= 11 is 12.2. The van der Waals surface area contributed by atoms with Gasteiger partial charge in [-0.25, -0.2) is 4.98 Å². The van der Waals surface area contributed by atoms with E-state index in [2.05, 4.69) is 4.98 Å². The molecule has 0 atom stereocenters. The van der Waals surface area contributed by atoms with Gasteiger partial charge in [-0.2, -0.15) is 0 Å². The lowest BCUT2D eigenvalue weighted by molar-refractivity contribution is -0.384. The lowest BCUT2D eigenvalue weighted by atomic mass is 10.1. The number of nitro groups is 1. The quantitative estimate of drug-likeness (QED) is 0.507. The van der Waals surface area contributed by atoms with Crippen molar-refractivity contribution in [2.45, 2.75) is 13.5 Å². The van der Waals surface area contributed by atoms with E-state index in [9.17, 15) is 15.2 Å². The van der Waals surface area contributed by atoms with Crippen LogP contribution in [0.4, 0.5) is 5.69 Å². The summed E-state index contributed by atoms with van der Waals surface area (Å²) in [6, 6.07) is 9.33. The number of benzene rings is 2. The van der Waals surface area contributed by atoms with Crippen LogP contribution in [-0.2, 0) is 6.61 Å². The summed E-state index contributed by atoms with van der Waals surface area (Å²) in [5.74, 6) is 0.509. The van der Waals surface area contributed by atoms with Gasteiger partial charge >= 0.3 is 0 Å². The highest BCUT2D eigenvalue weighted by Gasteiger charge is 2.19. The first-order chi connectivity index (χ1) is 11.9. The zero-order valence-corrected chi connectivity index (χ0v) is 14.5. The van der Waals surface area contributed by atoms with Gasteiger partial charge in [-0.1, -0.05) is 29.3 Å². The van der Waals surface area contributed by atoms with Crippen LogP contribution in [0.25, 0.3) is 10.9 Å². The van der Waals surface area contributed by atoms with E-state index in [0.29, 0.717) is 27.9 Å². The molecule has 0 radical (unpaired) electrons. The molecule has 1 N–H and O–H groups in total. The van der Waals surface area contributed by atoms with E-state index in [-0.39, 0.29) is 28.1 Å². The summed E-state index contributed by atoms with van der Waals surface area (Å²) in [6.07, 6.45) is 0. The molecule has 6 nitrogen and oxygen atoms in total. The fourth-order valence-electron chi connectivity index (χ4n) is 2.45. The Kier molecular flexibility index (Phi) is 4.65. The van der Waals surface area contributed by atoms with E-state index < -0.39 is 4.92 Å². The third-order valence-corrected chi connectivity index (χ3v) is 4.42. The predicted molar refractivity (Wildman–Crippen MR) is 95.6 cm³/mol. The molecule has 2 aromatic carbocycles. The number of nitrogens with zero attached hydrogens (tertiary/aromatic N) is 2. The molecular formula is C17H12Cl2N2O4. The first-order valence-electron chi connectivity index (χ1n) is 7.22. The van der Waals surface area contributed by atoms with Gasteiger partial charge in [-0.3, -0.25) is 10.1 Å². The minimum atomic E-state index is -0.580. The number of halogens is 2. The van der Waals surface area contributed by atoms with Crippen molar-refractivity contribution >= 4 is 39.8 Å². The highest BCUT2D eigenvalue weighted by molar-refractivity contribution is 6.37. The summed E-state index contributed by atoms with van der Waals surface area (Å²) in [6.45, 7) is 1.68. The van der Waals surface area contributed by atoms with Crippen LogP contribution in [0, 0.1) is 17.0 Å². The van der Waals surface area contributed by atoms with Crippen molar-refractivity contribution in [2.24, 2.45) is 0 Å². The third-order valence-electron chi connectivity index (χ3n) is 3.64. The Bertz CT molecular complexity index is 992. The lowest BCUT2D eigenvalue weighted by Gasteiger charge is -2.12. The lowest BCUT2D eigenvalue weighted by Crippen LogP contribution is -2.01.